The van der Waals surface area contributed by atoms with E-state index in [1.54, 1.807) is 0 Å². The van der Waals surface area contributed by atoms with Gasteiger partial charge in [-0.3, -0.25) is 0 Å². The molecule has 0 atom stereocenters. The van der Waals surface area contributed by atoms with Crippen molar-refractivity contribution in [3.05, 3.63) is 0 Å². The molecule has 72 valence electrons. The van der Waals surface area contributed by atoms with Gasteiger partial charge >= 0.3 is 0 Å². The summed E-state index contributed by atoms with van der Waals surface area (Å²) in [6.45, 7) is 11.0. The molecule has 0 unspecified atom stereocenters. The lowest BCUT2D eigenvalue weighted by Gasteiger charge is -2.32. The largest absolute Gasteiger partial charge is 0.502 e. The summed E-state index contributed by atoms with van der Waals surface area (Å²) >= 11 is 4.63. The standard InChI is InChI=1S/C8H19NOSSi/c1-5-9(12(2,3)4)7-6-8(10)11/h5-7H2,1-4H3,(H,10,11). The van der Waals surface area contributed by atoms with E-state index in [0.717, 1.165) is 13.1 Å². The zero-order valence-corrected chi connectivity index (χ0v) is 10.2. The predicted molar refractivity (Wildman–Crippen MR) is 60.4 cm³/mol. The van der Waals surface area contributed by atoms with Crippen molar-refractivity contribution in [3.63, 3.8) is 0 Å². The molecule has 0 aromatic rings. The number of hydrogen-bond acceptors (Lipinski definition) is 2. The quantitative estimate of drug-likeness (QED) is 0.551. The van der Waals surface area contributed by atoms with E-state index < -0.39 is 8.24 Å². The van der Waals surface area contributed by atoms with Gasteiger partial charge in [0.05, 0.1) is 0 Å². The fourth-order valence-electron chi connectivity index (χ4n) is 1.20. The van der Waals surface area contributed by atoms with Crippen LogP contribution < -0.4 is 0 Å². The number of nitrogens with zero attached hydrogens (tertiary/aromatic N) is 1. The topological polar surface area (TPSA) is 23.5 Å². The van der Waals surface area contributed by atoms with Crippen LogP contribution in [0.2, 0.25) is 19.6 Å². The summed E-state index contributed by atoms with van der Waals surface area (Å²) in [7, 11) is -1.19. The summed E-state index contributed by atoms with van der Waals surface area (Å²) in [6.07, 6.45) is 0.632. The highest BCUT2D eigenvalue weighted by molar-refractivity contribution is 7.80. The average molecular weight is 205 g/mol. The fraction of sp³-hybridized carbons (Fsp3) is 0.875. The maximum Gasteiger partial charge on any atom is 0.157 e. The van der Waals surface area contributed by atoms with Crippen molar-refractivity contribution in [2.24, 2.45) is 0 Å². The third kappa shape index (κ3) is 4.85. The number of rotatable bonds is 5. The van der Waals surface area contributed by atoms with Gasteiger partial charge in [-0.25, -0.2) is 0 Å². The maximum absolute atomic E-state index is 8.88. The number of aliphatic hydroxyl groups is 1. The molecule has 0 aliphatic carbocycles. The lowest BCUT2D eigenvalue weighted by atomic mass is 10.4. The first-order valence-corrected chi connectivity index (χ1v) is 8.20. The summed E-state index contributed by atoms with van der Waals surface area (Å²) in [5, 5.41) is 9.01. The van der Waals surface area contributed by atoms with Crippen LogP contribution in [-0.2, 0) is 0 Å². The Hall–Kier alpha value is 0.0669. The highest BCUT2D eigenvalue weighted by Crippen LogP contribution is 2.09. The van der Waals surface area contributed by atoms with Gasteiger partial charge < -0.3 is 9.67 Å². The molecule has 0 aromatic heterocycles. The van der Waals surface area contributed by atoms with Gasteiger partial charge in [0.1, 0.15) is 8.24 Å². The molecule has 0 heterocycles. The molecule has 4 heteroatoms. The Balaban J connectivity index is 3.92. The molecule has 0 spiro atoms. The van der Waals surface area contributed by atoms with Crippen molar-refractivity contribution < 1.29 is 5.11 Å². The smallest absolute Gasteiger partial charge is 0.157 e. The third-order valence-electron chi connectivity index (χ3n) is 1.93. The van der Waals surface area contributed by atoms with Gasteiger partial charge in [-0.05, 0) is 25.3 Å². The Bertz CT molecular complexity index is 156. The summed E-state index contributed by atoms with van der Waals surface area (Å²) in [5.41, 5.74) is 0. The van der Waals surface area contributed by atoms with E-state index in [4.69, 9.17) is 5.11 Å². The van der Waals surface area contributed by atoms with Crippen molar-refractivity contribution in [3.8, 4) is 0 Å². The third-order valence-corrected chi connectivity index (χ3v) is 4.57. The fourth-order valence-corrected chi connectivity index (χ4v) is 3.02. The molecule has 0 aromatic carbocycles. The van der Waals surface area contributed by atoms with Crippen molar-refractivity contribution >= 4 is 25.5 Å². The Morgan fingerprint density at radius 1 is 1.42 bits per heavy atom. The van der Waals surface area contributed by atoms with Crippen LogP contribution in [0, 0.1) is 0 Å². The van der Waals surface area contributed by atoms with E-state index in [9.17, 15) is 0 Å². The van der Waals surface area contributed by atoms with Gasteiger partial charge in [0, 0.05) is 6.42 Å². The molecule has 0 radical (unpaired) electrons. The summed E-state index contributed by atoms with van der Waals surface area (Å²) < 4.78 is 2.43. The maximum atomic E-state index is 8.88. The Morgan fingerprint density at radius 2 is 1.92 bits per heavy atom. The van der Waals surface area contributed by atoms with Crippen LogP contribution >= 0.6 is 12.2 Å². The first-order valence-electron chi connectivity index (χ1n) is 4.34. The van der Waals surface area contributed by atoms with Gasteiger partial charge in [-0.15, -0.1) is 0 Å². The molecule has 2 nitrogen and oxygen atoms in total. The molecule has 0 fully saturated rings. The number of hydrogen-bond donors (Lipinski definition) is 1. The van der Waals surface area contributed by atoms with E-state index in [0.29, 0.717) is 6.42 Å². The van der Waals surface area contributed by atoms with Gasteiger partial charge in [0.15, 0.2) is 5.05 Å². The predicted octanol–water partition coefficient (Wildman–Crippen LogP) is 2.42. The van der Waals surface area contributed by atoms with Crippen molar-refractivity contribution in [1.82, 2.24) is 4.57 Å². The Kier molecular flexibility index (Phi) is 4.97. The van der Waals surface area contributed by atoms with Crippen LogP contribution in [0.3, 0.4) is 0 Å². The lowest BCUT2D eigenvalue weighted by Crippen LogP contribution is -2.46. The molecule has 1 N–H and O–H groups in total. The van der Waals surface area contributed by atoms with Crippen molar-refractivity contribution in [2.75, 3.05) is 13.1 Å². The normalized spacial score (nSPS) is 12.1. The first kappa shape index (κ1) is 12.1. The van der Waals surface area contributed by atoms with Gasteiger partial charge in [0.2, 0.25) is 0 Å². The molecule has 12 heavy (non-hydrogen) atoms. The second kappa shape index (κ2) is 4.94. The molecular weight excluding hydrogens is 186 g/mol. The number of thiocarbonyl (C=S) groups is 1. The van der Waals surface area contributed by atoms with Crippen LogP contribution in [0.5, 0.6) is 0 Å². The van der Waals surface area contributed by atoms with E-state index in [1.807, 2.05) is 0 Å². The highest BCUT2D eigenvalue weighted by Gasteiger charge is 2.21. The van der Waals surface area contributed by atoms with Crippen LogP contribution in [0.4, 0.5) is 0 Å². The summed E-state index contributed by atoms with van der Waals surface area (Å²) in [4.78, 5) is 0. The minimum absolute atomic E-state index is 0.131. The SMILES string of the molecule is CCN(CCC(O)=S)[Si](C)(C)C. The van der Waals surface area contributed by atoms with Crippen molar-refractivity contribution in [2.45, 2.75) is 33.0 Å². The van der Waals surface area contributed by atoms with Crippen LogP contribution in [0.25, 0.3) is 0 Å². The lowest BCUT2D eigenvalue weighted by molar-refractivity contribution is 0.441. The molecule has 0 amide bonds. The zero-order chi connectivity index (χ0) is 9.78. The molecular formula is C8H19NOSSi. The highest BCUT2D eigenvalue weighted by atomic mass is 32.1. The number of aliphatic hydroxyl groups excluding tert-OH is 1. The van der Waals surface area contributed by atoms with Crippen LogP contribution in [0.1, 0.15) is 13.3 Å². The van der Waals surface area contributed by atoms with Gasteiger partial charge in [0.25, 0.3) is 0 Å². The van der Waals surface area contributed by atoms with E-state index in [2.05, 4.69) is 43.3 Å². The average Bonchev–Trinajstić information content (AvgIpc) is 1.85. The summed E-state index contributed by atoms with van der Waals surface area (Å²) in [6, 6.07) is 0. The monoisotopic (exact) mass is 205 g/mol. The van der Waals surface area contributed by atoms with E-state index in [-0.39, 0.29) is 5.05 Å². The van der Waals surface area contributed by atoms with E-state index >= 15 is 0 Å². The summed E-state index contributed by atoms with van der Waals surface area (Å²) in [5.74, 6) is 0. The second-order valence-electron chi connectivity index (χ2n) is 3.89. The molecule has 0 aliphatic heterocycles. The van der Waals surface area contributed by atoms with Gasteiger partial charge in [-0.2, -0.15) is 0 Å². The van der Waals surface area contributed by atoms with E-state index in [1.165, 1.54) is 0 Å². The zero-order valence-electron chi connectivity index (χ0n) is 8.42. The Morgan fingerprint density at radius 3 is 2.17 bits per heavy atom. The molecule has 0 saturated heterocycles. The van der Waals surface area contributed by atoms with Crippen molar-refractivity contribution in [1.29, 1.82) is 0 Å². The van der Waals surface area contributed by atoms with Crippen LogP contribution in [0.15, 0.2) is 0 Å². The molecule has 0 rings (SSSR count). The minimum Gasteiger partial charge on any atom is -0.502 e. The van der Waals surface area contributed by atoms with Crippen LogP contribution in [-0.4, -0.2) is 36.0 Å². The molecule has 0 saturated carbocycles. The van der Waals surface area contributed by atoms with Gasteiger partial charge in [-0.1, -0.05) is 26.6 Å². The molecule has 0 aliphatic rings. The minimum atomic E-state index is -1.19. The first-order chi connectivity index (χ1) is 5.38. The Labute approximate surface area is 81.7 Å². The molecule has 0 bridgehead atoms. The second-order valence-corrected chi connectivity index (χ2v) is 9.34.